The van der Waals surface area contributed by atoms with Crippen molar-refractivity contribution in [1.29, 1.82) is 0 Å². The van der Waals surface area contributed by atoms with Gasteiger partial charge < -0.3 is 0 Å². The first-order valence-electron chi connectivity index (χ1n) is 3.27. The molecule has 11 heavy (non-hydrogen) atoms. The van der Waals surface area contributed by atoms with Crippen molar-refractivity contribution in [2.24, 2.45) is 0 Å². The fraction of sp³-hybridized carbons (Fsp3) is 1.00. The molecule has 0 rings (SSSR count). The van der Waals surface area contributed by atoms with Crippen LogP contribution in [0.4, 0.5) is 0 Å². The van der Waals surface area contributed by atoms with Gasteiger partial charge in [0.15, 0.2) is 0 Å². The van der Waals surface area contributed by atoms with Gasteiger partial charge in [-0.2, -0.15) is 0 Å². The molecule has 0 amide bonds. The molecule has 6 heteroatoms. The summed E-state index contributed by atoms with van der Waals surface area (Å²) in [4.78, 5) is 25.2. The Kier molecular flexibility index (Phi) is 11.8. The molecule has 0 aromatic heterocycles. The van der Waals surface area contributed by atoms with E-state index in [0.717, 1.165) is 6.42 Å². The van der Waals surface area contributed by atoms with E-state index in [1.807, 2.05) is 6.92 Å². The summed E-state index contributed by atoms with van der Waals surface area (Å²) in [6.07, 6.45) is 1.75. The zero-order valence-corrected chi connectivity index (χ0v) is 8.94. The average Bonchev–Trinajstić information content (AvgIpc) is 1.84. The third kappa shape index (κ3) is 24.8. The van der Waals surface area contributed by atoms with Crippen LogP contribution in [-0.2, 0) is 0 Å². The summed E-state index contributed by atoms with van der Waals surface area (Å²) >= 11 is 9.53. The van der Waals surface area contributed by atoms with Crippen LogP contribution >= 0.6 is 31.1 Å². The molecule has 0 aromatic carbocycles. The van der Waals surface area contributed by atoms with Crippen molar-refractivity contribution in [2.45, 2.75) is 19.8 Å². The fourth-order valence-electron chi connectivity index (χ4n) is 0.414. The van der Waals surface area contributed by atoms with Crippen LogP contribution in [0.3, 0.4) is 0 Å². The first-order valence-corrected chi connectivity index (χ1v) is 6.38. The van der Waals surface area contributed by atoms with Crippen LogP contribution in [0.2, 0.25) is 0 Å². The maximum Gasteiger partial charge on any atom is 0.0967 e. The van der Waals surface area contributed by atoms with E-state index in [0.29, 0.717) is 6.42 Å². The van der Waals surface area contributed by atoms with E-state index in [-0.39, 0.29) is 11.5 Å². The molecule has 0 aliphatic rings. The van der Waals surface area contributed by atoms with E-state index >= 15 is 0 Å². The predicted octanol–water partition coefficient (Wildman–Crippen LogP) is 1.68. The minimum Gasteiger partial charge on any atom is -0.109 e. The van der Waals surface area contributed by atoms with Gasteiger partial charge in [0.2, 0.25) is 0 Å². The summed E-state index contributed by atoms with van der Waals surface area (Å²) in [6, 6.07) is 0. The van der Waals surface area contributed by atoms with Crippen LogP contribution in [0.5, 0.6) is 0 Å². The summed E-state index contributed by atoms with van der Waals surface area (Å²) < 4.78 is 0. The first-order chi connectivity index (χ1) is 4.97. The molecule has 3 N–H and O–H groups in total. The second-order valence-electron chi connectivity index (χ2n) is 1.98. The van der Waals surface area contributed by atoms with E-state index in [4.69, 9.17) is 37.9 Å². The number of rotatable bonds is 3. The molecule has 3 nitrogen and oxygen atoms in total. The number of hydrogen-bond acceptors (Lipinski definition) is 3. The van der Waals surface area contributed by atoms with Gasteiger partial charge in [-0.1, -0.05) is 0 Å². The molecule has 0 aliphatic heterocycles. The third-order valence-electron chi connectivity index (χ3n) is 0.866. The van der Waals surface area contributed by atoms with Gasteiger partial charge in [-0.05, 0) is 0 Å². The fourth-order valence-corrected chi connectivity index (χ4v) is 1.24. The molecule has 0 saturated heterocycles. The van der Waals surface area contributed by atoms with Crippen LogP contribution in [-0.4, -0.2) is 26.2 Å². The Bertz CT molecular complexity index is 76.6. The van der Waals surface area contributed by atoms with Crippen molar-refractivity contribution in [1.82, 2.24) is 0 Å². The van der Waals surface area contributed by atoms with Crippen LogP contribution in [0.15, 0.2) is 0 Å². The van der Waals surface area contributed by atoms with Crippen LogP contribution in [0.25, 0.3) is 0 Å². The van der Waals surface area contributed by atoms with Gasteiger partial charge >= 0.3 is 48.6 Å². The summed E-state index contributed by atoms with van der Waals surface area (Å²) in [5.74, 6) is 0. The summed E-state index contributed by atoms with van der Waals surface area (Å²) in [5.41, 5.74) is 0. The molecule has 0 bridgehead atoms. The second-order valence-corrected chi connectivity index (χ2v) is 4.84. The van der Waals surface area contributed by atoms with Gasteiger partial charge in [0.1, 0.15) is 0 Å². The summed E-state index contributed by atoms with van der Waals surface area (Å²) in [6.45, 7) is 1.93. The molecular weight excluding hydrogens is 210 g/mol. The van der Waals surface area contributed by atoms with Crippen molar-refractivity contribution in [3.05, 3.63) is 0 Å². The van der Waals surface area contributed by atoms with Gasteiger partial charge in [0.05, 0.1) is 5.34 Å². The van der Waals surface area contributed by atoms with Crippen molar-refractivity contribution in [3.63, 3.8) is 0 Å². The van der Waals surface area contributed by atoms with E-state index < -0.39 is 7.94 Å². The molecule has 0 saturated carbocycles. The number of halogens is 2. The molecular formula is C5H15Cl2O3P. The predicted molar refractivity (Wildman–Crippen MR) is 51.3 cm³/mol. The largest absolute Gasteiger partial charge is 0.109 e. The van der Waals surface area contributed by atoms with E-state index in [1.54, 1.807) is 0 Å². The van der Waals surface area contributed by atoms with Gasteiger partial charge in [-0.3, -0.25) is 0 Å². The Labute approximate surface area is 77.5 Å². The van der Waals surface area contributed by atoms with Gasteiger partial charge in [-0.15, -0.1) is 23.2 Å². The van der Waals surface area contributed by atoms with Gasteiger partial charge in [0, 0.05) is 0 Å². The average molecular weight is 225 g/mol. The molecule has 0 heterocycles. The smallest absolute Gasteiger partial charge is 0.0967 e. The first kappa shape index (κ1) is 14.4. The molecule has 0 unspecified atom stereocenters. The third-order valence-corrected chi connectivity index (χ3v) is 1.89. The Hall–Kier alpha value is 0.890. The molecule has 0 atom stereocenters. The van der Waals surface area contributed by atoms with Crippen molar-refractivity contribution in [3.8, 4) is 0 Å². The Morgan fingerprint density at radius 1 is 1.18 bits per heavy atom. The Morgan fingerprint density at radius 3 is 1.64 bits per heavy atom. The number of hydrogen-bond donors (Lipinski definition) is 3. The van der Waals surface area contributed by atoms with E-state index in [2.05, 4.69) is 0 Å². The van der Waals surface area contributed by atoms with Crippen molar-refractivity contribution < 1.29 is 14.7 Å². The van der Waals surface area contributed by atoms with E-state index in [1.165, 1.54) is 0 Å². The van der Waals surface area contributed by atoms with Gasteiger partial charge in [-0.25, -0.2) is 0 Å². The topological polar surface area (TPSA) is 60.7 Å². The monoisotopic (exact) mass is 224 g/mol. The number of unbranched alkanes of at least 4 members (excludes halogenated alkanes) is 1. The maximum absolute atomic E-state index is 8.40. The minimum atomic E-state index is -3.68. The molecule has 0 aliphatic carbocycles. The quantitative estimate of drug-likeness (QED) is 0.505. The van der Waals surface area contributed by atoms with Crippen molar-refractivity contribution >= 4 is 31.1 Å². The Balaban J connectivity index is 0. The SMILES string of the molecule is CCCC[PH](O)(O)O.ClCCl. The minimum absolute atomic E-state index is 0.170. The van der Waals surface area contributed by atoms with Crippen LogP contribution in [0.1, 0.15) is 19.8 Å². The maximum atomic E-state index is 8.40. The normalized spacial score (nSPS) is 11.8. The van der Waals surface area contributed by atoms with E-state index in [9.17, 15) is 0 Å². The standard InChI is InChI=1S/C4H13O3P.CH2Cl2/c1-2-3-4-8(5,6)7;2-1-3/h5-8H,2-4H2,1H3;1H2. The molecule has 0 fully saturated rings. The van der Waals surface area contributed by atoms with Gasteiger partial charge in [0.25, 0.3) is 0 Å². The Morgan fingerprint density at radius 2 is 1.55 bits per heavy atom. The molecule has 0 radical (unpaired) electrons. The van der Waals surface area contributed by atoms with Crippen molar-refractivity contribution in [2.75, 3.05) is 11.5 Å². The molecule has 72 valence electrons. The number of alkyl halides is 2. The molecule has 0 aromatic rings. The van der Waals surface area contributed by atoms with Crippen LogP contribution < -0.4 is 0 Å². The zero-order chi connectivity index (χ0) is 9.33. The summed E-state index contributed by atoms with van der Waals surface area (Å²) in [7, 11) is -3.68. The van der Waals surface area contributed by atoms with Crippen LogP contribution in [0, 0.1) is 0 Å². The summed E-state index contributed by atoms with van der Waals surface area (Å²) in [5, 5.41) is 0.194. The zero-order valence-electron chi connectivity index (χ0n) is 6.43. The molecule has 0 spiro atoms. The second kappa shape index (κ2) is 8.98.